The molecule has 2 rings (SSSR count). The summed E-state index contributed by atoms with van der Waals surface area (Å²) in [7, 11) is 0. The van der Waals surface area contributed by atoms with E-state index in [0.717, 1.165) is 24.0 Å². The lowest BCUT2D eigenvalue weighted by molar-refractivity contribution is 0.405. The van der Waals surface area contributed by atoms with Crippen LogP contribution in [0.1, 0.15) is 51.2 Å². The van der Waals surface area contributed by atoms with E-state index in [0.29, 0.717) is 5.41 Å². The maximum absolute atomic E-state index is 5.65. The Bertz CT molecular complexity index is 413. The third-order valence-corrected chi connectivity index (χ3v) is 3.95. The molecule has 0 aromatic carbocycles. The van der Waals surface area contributed by atoms with Gasteiger partial charge < -0.3 is 9.73 Å². The van der Waals surface area contributed by atoms with Crippen LogP contribution in [0.15, 0.2) is 10.5 Å². The van der Waals surface area contributed by atoms with Crippen molar-refractivity contribution in [3.63, 3.8) is 0 Å². The monoisotopic (exact) mass is 235 g/mol. The molecule has 96 valence electrons. The molecule has 1 aromatic rings. The SMILES string of the molecule is Cc1cc(C2(C)CC2CNC(C)(C)C)c(C)o1. The lowest BCUT2D eigenvalue weighted by Crippen LogP contribution is -2.37. The standard InChI is InChI=1S/C15H25NO/c1-10-7-13(11(2)17-10)15(6)8-12(15)9-16-14(3,4)5/h7,12,16H,8-9H2,1-6H3. The van der Waals surface area contributed by atoms with Gasteiger partial charge in [0.25, 0.3) is 0 Å². The van der Waals surface area contributed by atoms with Crippen LogP contribution >= 0.6 is 0 Å². The van der Waals surface area contributed by atoms with Crippen LogP contribution in [0.25, 0.3) is 0 Å². The second kappa shape index (κ2) is 3.88. The van der Waals surface area contributed by atoms with Gasteiger partial charge >= 0.3 is 0 Å². The smallest absolute Gasteiger partial charge is 0.104 e. The maximum atomic E-state index is 5.65. The van der Waals surface area contributed by atoms with Gasteiger partial charge in [0.05, 0.1) is 0 Å². The largest absolute Gasteiger partial charge is 0.466 e. The highest BCUT2D eigenvalue weighted by atomic mass is 16.3. The van der Waals surface area contributed by atoms with Crippen molar-refractivity contribution in [2.75, 3.05) is 6.54 Å². The van der Waals surface area contributed by atoms with Gasteiger partial charge in [-0.05, 0) is 65.1 Å². The highest BCUT2D eigenvalue weighted by Gasteiger charge is 2.52. The van der Waals surface area contributed by atoms with E-state index in [1.807, 2.05) is 6.92 Å². The zero-order valence-electron chi connectivity index (χ0n) is 12.0. The molecule has 0 aliphatic heterocycles. The second-order valence-electron chi connectivity index (χ2n) is 6.78. The van der Waals surface area contributed by atoms with Crippen LogP contribution in [0.4, 0.5) is 0 Å². The number of rotatable bonds is 3. The Morgan fingerprint density at radius 3 is 2.53 bits per heavy atom. The molecule has 0 saturated heterocycles. The molecule has 1 saturated carbocycles. The molecule has 1 aromatic heterocycles. The van der Waals surface area contributed by atoms with Crippen molar-refractivity contribution in [3.8, 4) is 0 Å². The van der Waals surface area contributed by atoms with E-state index in [2.05, 4.69) is 46.0 Å². The molecule has 2 atom stereocenters. The van der Waals surface area contributed by atoms with Crippen molar-refractivity contribution in [2.45, 2.75) is 58.9 Å². The predicted octanol–water partition coefficient (Wildman–Crippen LogP) is 3.56. The minimum Gasteiger partial charge on any atom is -0.466 e. The number of furan rings is 1. The van der Waals surface area contributed by atoms with Gasteiger partial charge in [-0.1, -0.05) is 6.92 Å². The molecule has 1 aliphatic carbocycles. The first-order chi connectivity index (χ1) is 7.72. The molecule has 1 heterocycles. The van der Waals surface area contributed by atoms with Gasteiger partial charge in [-0.15, -0.1) is 0 Å². The molecule has 0 amide bonds. The Morgan fingerprint density at radius 2 is 2.06 bits per heavy atom. The Labute approximate surface area is 105 Å². The summed E-state index contributed by atoms with van der Waals surface area (Å²) in [5.41, 5.74) is 1.96. The Morgan fingerprint density at radius 1 is 1.41 bits per heavy atom. The van der Waals surface area contributed by atoms with Crippen LogP contribution in [-0.4, -0.2) is 12.1 Å². The minimum atomic E-state index is 0.213. The summed E-state index contributed by atoms with van der Waals surface area (Å²) in [6.45, 7) is 14.2. The molecule has 17 heavy (non-hydrogen) atoms. The number of hydrogen-bond acceptors (Lipinski definition) is 2. The molecule has 0 radical (unpaired) electrons. The van der Waals surface area contributed by atoms with E-state index in [1.54, 1.807) is 0 Å². The van der Waals surface area contributed by atoms with Crippen LogP contribution in [0.5, 0.6) is 0 Å². The van der Waals surface area contributed by atoms with Crippen molar-refractivity contribution in [1.82, 2.24) is 5.32 Å². The van der Waals surface area contributed by atoms with Crippen LogP contribution in [0.2, 0.25) is 0 Å². The first kappa shape index (κ1) is 12.7. The number of hydrogen-bond donors (Lipinski definition) is 1. The summed E-state index contributed by atoms with van der Waals surface area (Å²) in [5.74, 6) is 2.88. The van der Waals surface area contributed by atoms with Crippen molar-refractivity contribution >= 4 is 0 Å². The third-order valence-electron chi connectivity index (χ3n) is 3.95. The summed E-state index contributed by atoms with van der Waals surface area (Å²) in [4.78, 5) is 0. The summed E-state index contributed by atoms with van der Waals surface area (Å²) in [5, 5.41) is 3.60. The summed E-state index contributed by atoms with van der Waals surface area (Å²) < 4.78 is 5.65. The molecule has 1 N–H and O–H groups in total. The summed E-state index contributed by atoms with van der Waals surface area (Å²) >= 11 is 0. The first-order valence-corrected chi connectivity index (χ1v) is 6.55. The van der Waals surface area contributed by atoms with Gasteiger partial charge in [0.1, 0.15) is 11.5 Å². The quantitative estimate of drug-likeness (QED) is 0.866. The number of nitrogens with one attached hydrogen (secondary N) is 1. The molecular weight excluding hydrogens is 210 g/mol. The Hall–Kier alpha value is -0.760. The molecule has 2 nitrogen and oxygen atoms in total. The first-order valence-electron chi connectivity index (χ1n) is 6.55. The van der Waals surface area contributed by atoms with Gasteiger partial charge in [0.2, 0.25) is 0 Å². The van der Waals surface area contributed by atoms with E-state index >= 15 is 0 Å². The fourth-order valence-corrected chi connectivity index (χ4v) is 2.71. The zero-order valence-corrected chi connectivity index (χ0v) is 12.0. The van der Waals surface area contributed by atoms with Gasteiger partial charge in [0, 0.05) is 11.0 Å². The number of aryl methyl sites for hydroxylation is 2. The molecule has 1 aliphatic rings. The highest BCUT2D eigenvalue weighted by molar-refractivity contribution is 5.36. The molecule has 0 spiro atoms. The van der Waals surface area contributed by atoms with Crippen LogP contribution in [0, 0.1) is 19.8 Å². The van der Waals surface area contributed by atoms with Gasteiger partial charge in [0.15, 0.2) is 0 Å². The Balaban J connectivity index is 2.02. The molecular formula is C15H25NO. The third kappa shape index (κ3) is 2.57. The molecule has 0 bridgehead atoms. The van der Waals surface area contributed by atoms with Crippen molar-refractivity contribution in [3.05, 3.63) is 23.2 Å². The average Bonchev–Trinajstić information content (AvgIpc) is 2.70. The molecule has 2 unspecified atom stereocenters. The normalized spacial score (nSPS) is 28.5. The van der Waals surface area contributed by atoms with Gasteiger partial charge in [-0.25, -0.2) is 0 Å². The van der Waals surface area contributed by atoms with Crippen molar-refractivity contribution < 1.29 is 4.42 Å². The van der Waals surface area contributed by atoms with Crippen LogP contribution in [0.3, 0.4) is 0 Å². The highest BCUT2D eigenvalue weighted by Crippen LogP contribution is 2.55. The van der Waals surface area contributed by atoms with Crippen molar-refractivity contribution in [1.29, 1.82) is 0 Å². The van der Waals surface area contributed by atoms with Crippen LogP contribution < -0.4 is 5.32 Å². The topological polar surface area (TPSA) is 25.2 Å². The van der Waals surface area contributed by atoms with E-state index in [1.165, 1.54) is 12.0 Å². The van der Waals surface area contributed by atoms with E-state index in [4.69, 9.17) is 4.42 Å². The lowest BCUT2D eigenvalue weighted by Gasteiger charge is -2.21. The van der Waals surface area contributed by atoms with Gasteiger partial charge in [-0.2, -0.15) is 0 Å². The average molecular weight is 235 g/mol. The summed E-state index contributed by atoms with van der Waals surface area (Å²) in [6.07, 6.45) is 1.27. The van der Waals surface area contributed by atoms with Crippen LogP contribution in [-0.2, 0) is 5.41 Å². The molecule has 2 heteroatoms. The van der Waals surface area contributed by atoms with E-state index in [9.17, 15) is 0 Å². The van der Waals surface area contributed by atoms with Crippen molar-refractivity contribution in [2.24, 2.45) is 5.92 Å². The maximum Gasteiger partial charge on any atom is 0.104 e. The zero-order chi connectivity index (χ0) is 12.8. The fraction of sp³-hybridized carbons (Fsp3) is 0.733. The summed E-state index contributed by atoms with van der Waals surface area (Å²) in [6, 6.07) is 2.21. The lowest BCUT2D eigenvalue weighted by atomic mass is 9.95. The second-order valence-corrected chi connectivity index (χ2v) is 6.78. The van der Waals surface area contributed by atoms with Gasteiger partial charge in [-0.3, -0.25) is 0 Å². The predicted molar refractivity (Wildman–Crippen MR) is 71.4 cm³/mol. The van der Waals surface area contributed by atoms with E-state index < -0.39 is 0 Å². The minimum absolute atomic E-state index is 0.213. The fourth-order valence-electron chi connectivity index (χ4n) is 2.71. The molecule has 1 fully saturated rings. The Kier molecular flexibility index (Phi) is 2.89. The van der Waals surface area contributed by atoms with E-state index in [-0.39, 0.29) is 5.54 Å².